The standard InChI is InChI=1S/C19H19ClFNO3/c20-15-4-2-14(3-5-15)18(23)10-11-19(24)22-12-1-13-25-17-8-6-16(21)7-9-17/h2-9H,1,10-13H2,(H,22,24). The van der Waals surface area contributed by atoms with Crippen LogP contribution in [0.2, 0.25) is 5.02 Å². The number of rotatable bonds is 9. The molecule has 25 heavy (non-hydrogen) atoms. The molecule has 2 rings (SSSR count). The van der Waals surface area contributed by atoms with E-state index in [4.69, 9.17) is 16.3 Å². The smallest absolute Gasteiger partial charge is 0.220 e. The maximum atomic E-state index is 12.7. The summed E-state index contributed by atoms with van der Waals surface area (Å²) in [7, 11) is 0. The van der Waals surface area contributed by atoms with Gasteiger partial charge in [-0.25, -0.2) is 4.39 Å². The van der Waals surface area contributed by atoms with Gasteiger partial charge in [-0.05, 0) is 55.0 Å². The Morgan fingerprint density at radius 3 is 2.36 bits per heavy atom. The Kier molecular flexibility index (Phi) is 7.41. The fraction of sp³-hybridized carbons (Fsp3) is 0.263. The average molecular weight is 364 g/mol. The summed E-state index contributed by atoms with van der Waals surface area (Å²) < 4.78 is 18.2. The van der Waals surface area contributed by atoms with Crippen LogP contribution in [0.15, 0.2) is 48.5 Å². The van der Waals surface area contributed by atoms with E-state index >= 15 is 0 Å². The van der Waals surface area contributed by atoms with Crippen LogP contribution in [0.4, 0.5) is 4.39 Å². The van der Waals surface area contributed by atoms with Gasteiger partial charge in [0, 0.05) is 30.0 Å². The summed E-state index contributed by atoms with van der Waals surface area (Å²) in [6.45, 7) is 0.866. The highest BCUT2D eigenvalue weighted by Gasteiger charge is 2.09. The minimum Gasteiger partial charge on any atom is -0.494 e. The van der Waals surface area contributed by atoms with Crippen molar-refractivity contribution in [1.29, 1.82) is 0 Å². The van der Waals surface area contributed by atoms with Crippen LogP contribution in [0.3, 0.4) is 0 Å². The number of halogens is 2. The highest BCUT2D eigenvalue weighted by molar-refractivity contribution is 6.30. The Balaban J connectivity index is 1.58. The van der Waals surface area contributed by atoms with E-state index in [1.54, 1.807) is 36.4 Å². The molecule has 0 atom stereocenters. The molecule has 0 radical (unpaired) electrons. The van der Waals surface area contributed by atoms with Crippen LogP contribution in [-0.2, 0) is 4.79 Å². The van der Waals surface area contributed by atoms with E-state index in [1.165, 1.54) is 12.1 Å². The molecule has 132 valence electrons. The topological polar surface area (TPSA) is 55.4 Å². The lowest BCUT2D eigenvalue weighted by atomic mass is 10.1. The van der Waals surface area contributed by atoms with Crippen molar-refractivity contribution in [2.75, 3.05) is 13.2 Å². The molecule has 2 aromatic carbocycles. The first-order valence-electron chi connectivity index (χ1n) is 7.98. The number of benzene rings is 2. The van der Waals surface area contributed by atoms with Crippen LogP contribution in [-0.4, -0.2) is 24.8 Å². The second-order valence-corrected chi connectivity index (χ2v) is 5.87. The van der Waals surface area contributed by atoms with E-state index in [1.807, 2.05) is 0 Å². The summed E-state index contributed by atoms with van der Waals surface area (Å²) >= 11 is 5.77. The van der Waals surface area contributed by atoms with E-state index in [2.05, 4.69) is 5.32 Å². The molecular formula is C19H19ClFNO3. The second-order valence-electron chi connectivity index (χ2n) is 5.44. The number of nitrogens with one attached hydrogen (secondary N) is 1. The zero-order valence-electron chi connectivity index (χ0n) is 13.6. The van der Waals surface area contributed by atoms with E-state index in [0.29, 0.717) is 35.9 Å². The highest BCUT2D eigenvalue weighted by atomic mass is 35.5. The third kappa shape index (κ3) is 6.93. The first-order valence-corrected chi connectivity index (χ1v) is 8.36. The van der Waals surface area contributed by atoms with Gasteiger partial charge in [0.2, 0.25) is 5.91 Å². The third-order valence-electron chi connectivity index (χ3n) is 3.47. The molecule has 0 heterocycles. The molecule has 4 nitrogen and oxygen atoms in total. The zero-order valence-corrected chi connectivity index (χ0v) is 14.4. The summed E-state index contributed by atoms with van der Waals surface area (Å²) in [6.07, 6.45) is 0.911. The maximum absolute atomic E-state index is 12.7. The Bertz CT molecular complexity index is 702. The molecular weight excluding hydrogens is 345 g/mol. The lowest BCUT2D eigenvalue weighted by molar-refractivity contribution is -0.121. The maximum Gasteiger partial charge on any atom is 0.220 e. The van der Waals surface area contributed by atoms with Gasteiger partial charge in [0.25, 0.3) is 0 Å². The first-order chi connectivity index (χ1) is 12.0. The number of amides is 1. The van der Waals surface area contributed by atoms with E-state index in [9.17, 15) is 14.0 Å². The van der Waals surface area contributed by atoms with Gasteiger partial charge in [0.15, 0.2) is 5.78 Å². The first kappa shape index (κ1) is 18.9. The number of carbonyl (C=O) groups is 2. The van der Waals surface area contributed by atoms with E-state index in [-0.39, 0.29) is 30.3 Å². The SMILES string of the molecule is O=C(CCC(=O)c1ccc(Cl)cc1)NCCCOc1ccc(F)cc1. The monoisotopic (exact) mass is 363 g/mol. The molecule has 0 unspecified atom stereocenters. The number of hydrogen-bond acceptors (Lipinski definition) is 3. The molecule has 0 spiro atoms. The van der Waals surface area contributed by atoms with Crippen molar-refractivity contribution in [3.8, 4) is 5.75 Å². The van der Waals surface area contributed by atoms with Crippen LogP contribution in [0.25, 0.3) is 0 Å². The van der Waals surface area contributed by atoms with Gasteiger partial charge >= 0.3 is 0 Å². The molecule has 2 aromatic rings. The number of Topliss-reactive ketones (excluding diaryl/α,β-unsaturated/α-hetero) is 1. The molecule has 1 amide bonds. The molecule has 0 bridgehead atoms. The summed E-state index contributed by atoms with van der Waals surface area (Å²) in [5.41, 5.74) is 0.546. The van der Waals surface area contributed by atoms with Crippen molar-refractivity contribution in [3.05, 3.63) is 64.9 Å². The molecule has 0 aliphatic rings. The Morgan fingerprint density at radius 1 is 1.00 bits per heavy atom. The number of carbonyl (C=O) groups excluding carboxylic acids is 2. The van der Waals surface area contributed by atoms with Crippen molar-refractivity contribution < 1.29 is 18.7 Å². The Labute approximate surface area is 150 Å². The lowest BCUT2D eigenvalue weighted by Crippen LogP contribution is -2.25. The number of hydrogen-bond donors (Lipinski definition) is 1. The van der Waals surface area contributed by atoms with E-state index in [0.717, 1.165) is 0 Å². The largest absolute Gasteiger partial charge is 0.494 e. The van der Waals surface area contributed by atoms with Crippen LogP contribution in [0.5, 0.6) is 5.75 Å². The van der Waals surface area contributed by atoms with E-state index < -0.39 is 0 Å². The van der Waals surface area contributed by atoms with Crippen LogP contribution in [0.1, 0.15) is 29.6 Å². The highest BCUT2D eigenvalue weighted by Crippen LogP contribution is 2.12. The summed E-state index contributed by atoms with van der Waals surface area (Å²) in [5.74, 6) is 0.00426. The molecule has 0 saturated carbocycles. The van der Waals surface area contributed by atoms with Gasteiger partial charge in [-0.1, -0.05) is 11.6 Å². The fourth-order valence-electron chi connectivity index (χ4n) is 2.12. The predicted octanol–water partition coefficient (Wildman–Crippen LogP) is 4.03. The van der Waals surface area contributed by atoms with Crippen LogP contribution < -0.4 is 10.1 Å². The zero-order chi connectivity index (χ0) is 18.1. The normalized spacial score (nSPS) is 10.3. The van der Waals surface area contributed by atoms with Gasteiger partial charge in [-0.15, -0.1) is 0 Å². The van der Waals surface area contributed by atoms with Crippen molar-refractivity contribution in [2.24, 2.45) is 0 Å². The van der Waals surface area contributed by atoms with Gasteiger partial charge < -0.3 is 10.1 Å². The summed E-state index contributed by atoms with van der Waals surface area (Å²) in [5, 5.41) is 3.31. The molecule has 0 aliphatic carbocycles. The van der Waals surface area contributed by atoms with Gasteiger partial charge in [-0.2, -0.15) is 0 Å². The lowest BCUT2D eigenvalue weighted by Gasteiger charge is -2.07. The molecule has 0 aromatic heterocycles. The minimum atomic E-state index is -0.312. The Morgan fingerprint density at radius 2 is 1.68 bits per heavy atom. The predicted molar refractivity (Wildman–Crippen MR) is 94.5 cm³/mol. The minimum absolute atomic E-state index is 0.0912. The van der Waals surface area contributed by atoms with Crippen molar-refractivity contribution in [1.82, 2.24) is 5.32 Å². The summed E-state index contributed by atoms with van der Waals surface area (Å²) in [6, 6.07) is 12.4. The van der Waals surface area contributed by atoms with Gasteiger partial charge in [0.05, 0.1) is 6.61 Å². The van der Waals surface area contributed by atoms with Crippen molar-refractivity contribution in [2.45, 2.75) is 19.3 Å². The molecule has 0 aliphatic heterocycles. The van der Waals surface area contributed by atoms with Gasteiger partial charge in [-0.3, -0.25) is 9.59 Å². The number of ketones is 1. The second kappa shape index (κ2) is 9.79. The van der Waals surface area contributed by atoms with Crippen LogP contribution >= 0.6 is 11.6 Å². The Hall–Kier alpha value is -2.40. The molecule has 0 saturated heterocycles. The average Bonchev–Trinajstić information content (AvgIpc) is 2.61. The summed E-state index contributed by atoms with van der Waals surface area (Å²) in [4.78, 5) is 23.7. The molecule has 1 N–H and O–H groups in total. The third-order valence-corrected chi connectivity index (χ3v) is 3.72. The number of ether oxygens (including phenoxy) is 1. The van der Waals surface area contributed by atoms with Crippen molar-refractivity contribution in [3.63, 3.8) is 0 Å². The fourth-order valence-corrected chi connectivity index (χ4v) is 2.24. The molecule has 0 fully saturated rings. The quantitative estimate of drug-likeness (QED) is 0.540. The van der Waals surface area contributed by atoms with Crippen molar-refractivity contribution >= 4 is 23.3 Å². The molecule has 6 heteroatoms. The van der Waals surface area contributed by atoms with Gasteiger partial charge in [0.1, 0.15) is 11.6 Å². The van der Waals surface area contributed by atoms with Crippen LogP contribution in [0, 0.1) is 5.82 Å².